The van der Waals surface area contributed by atoms with Gasteiger partial charge in [-0.3, -0.25) is 4.79 Å². The zero-order valence-electron chi connectivity index (χ0n) is 10.7. The maximum Gasteiger partial charge on any atom is 0.230 e. The molecule has 0 saturated carbocycles. The van der Waals surface area contributed by atoms with Crippen LogP contribution in [0.1, 0.15) is 19.4 Å². The molecule has 1 amide bonds. The van der Waals surface area contributed by atoms with Crippen molar-refractivity contribution >= 4 is 11.6 Å². The van der Waals surface area contributed by atoms with Crippen LogP contribution in [0.3, 0.4) is 0 Å². The van der Waals surface area contributed by atoms with E-state index >= 15 is 0 Å². The van der Waals surface area contributed by atoms with Crippen LogP contribution >= 0.6 is 0 Å². The SMILES string of the molecule is CC(C)(C#N)c1ccc(NC(=O)C2CNC2)cc1. The minimum absolute atomic E-state index is 0.0565. The molecule has 0 aromatic heterocycles. The van der Waals surface area contributed by atoms with Crippen LogP contribution in [0, 0.1) is 17.2 Å². The Morgan fingerprint density at radius 2 is 2.00 bits per heavy atom. The highest BCUT2D eigenvalue weighted by molar-refractivity contribution is 5.93. The van der Waals surface area contributed by atoms with E-state index in [1.54, 1.807) is 0 Å². The summed E-state index contributed by atoms with van der Waals surface area (Å²) in [5.41, 5.74) is 1.23. The topological polar surface area (TPSA) is 64.9 Å². The number of amides is 1. The third-order valence-corrected chi connectivity index (χ3v) is 3.31. The molecule has 1 aliphatic rings. The van der Waals surface area contributed by atoms with E-state index in [1.165, 1.54) is 0 Å². The standard InChI is InChI=1S/C14H17N3O/c1-14(2,9-15)11-3-5-12(6-4-11)17-13(18)10-7-16-8-10/h3-6,10,16H,7-8H2,1-2H3,(H,17,18). The van der Waals surface area contributed by atoms with Gasteiger partial charge in [0.05, 0.1) is 17.4 Å². The molecule has 18 heavy (non-hydrogen) atoms. The van der Waals surface area contributed by atoms with Crippen molar-refractivity contribution < 1.29 is 4.79 Å². The van der Waals surface area contributed by atoms with E-state index < -0.39 is 5.41 Å². The molecule has 4 nitrogen and oxygen atoms in total. The molecule has 0 spiro atoms. The van der Waals surface area contributed by atoms with Crippen molar-refractivity contribution in [1.29, 1.82) is 5.26 Å². The molecule has 1 saturated heterocycles. The number of benzene rings is 1. The molecule has 0 bridgehead atoms. The Balaban J connectivity index is 2.04. The summed E-state index contributed by atoms with van der Waals surface area (Å²) in [6.07, 6.45) is 0. The van der Waals surface area contributed by atoms with Crippen LogP contribution in [0.2, 0.25) is 0 Å². The van der Waals surface area contributed by atoms with Gasteiger partial charge in [-0.15, -0.1) is 0 Å². The molecule has 1 heterocycles. The van der Waals surface area contributed by atoms with E-state index in [1.807, 2.05) is 38.1 Å². The van der Waals surface area contributed by atoms with Crippen molar-refractivity contribution in [2.45, 2.75) is 19.3 Å². The van der Waals surface area contributed by atoms with E-state index in [4.69, 9.17) is 5.26 Å². The maximum atomic E-state index is 11.7. The van der Waals surface area contributed by atoms with Gasteiger partial charge >= 0.3 is 0 Å². The summed E-state index contributed by atoms with van der Waals surface area (Å²) in [5, 5.41) is 15.0. The molecule has 1 aromatic rings. The lowest BCUT2D eigenvalue weighted by Gasteiger charge is -2.25. The smallest absolute Gasteiger partial charge is 0.230 e. The second-order valence-corrected chi connectivity index (χ2v) is 5.16. The van der Waals surface area contributed by atoms with Crippen LogP contribution in [-0.2, 0) is 10.2 Å². The van der Waals surface area contributed by atoms with Gasteiger partial charge < -0.3 is 10.6 Å². The average Bonchev–Trinajstić information content (AvgIpc) is 2.27. The minimum Gasteiger partial charge on any atom is -0.326 e. The van der Waals surface area contributed by atoms with Gasteiger partial charge in [0.15, 0.2) is 0 Å². The molecule has 2 N–H and O–H groups in total. The Bertz CT molecular complexity index is 481. The second kappa shape index (κ2) is 4.79. The first-order valence-corrected chi connectivity index (χ1v) is 6.06. The first kappa shape index (κ1) is 12.6. The van der Waals surface area contributed by atoms with Gasteiger partial charge in [-0.25, -0.2) is 0 Å². The van der Waals surface area contributed by atoms with Crippen LogP contribution in [0.15, 0.2) is 24.3 Å². The van der Waals surface area contributed by atoms with Gasteiger partial charge in [0.25, 0.3) is 0 Å². The lowest BCUT2D eigenvalue weighted by Crippen LogP contribution is -2.48. The first-order chi connectivity index (χ1) is 8.53. The summed E-state index contributed by atoms with van der Waals surface area (Å²) in [6, 6.07) is 9.72. The van der Waals surface area contributed by atoms with Gasteiger partial charge in [0.1, 0.15) is 0 Å². The predicted octanol–water partition coefficient (Wildman–Crippen LogP) is 1.65. The monoisotopic (exact) mass is 243 g/mol. The lowest BCUT2D eigenvalue weighted by molar-refractivity contribution is -0.121. The van der Waals surface area contributed by atoms with Crippen LogP contribution in [-0.4, -0.2) is 19.0 Å². The zero-order valence-corrected chi connectivity index (χ0v) is 10.7. The predicted molar refractivity (Wildman–Crippen MR) is 70.1 cm³/mol. The summed E-state index contributed by atoms with van der Waals surface area (Å²) in [7, 11) is 0. The Hall–Kier alpha value is -1.86. The zero-order chi connectivity index (χ0) is 13.2. The Morgan fingerprint density at radius 3 is 2.44 bits per heavy atom. The number of rotatable bonds is 3. The van der Waals surface area contributed by atoms with Crippen molar-refractivity contribution in [3.8, 4) is 6.07 Å². The fourth-order valence-electron chi connectivity index (χ4n) is 1.75. The highest BCUT2D eigenvalue weighted by Crippen LogP contribution is 2.23. The molecule has 1 aromatic carbocycles. The molecule has 0 atom stereocenters. The van der Waals surface area contributed by atoms with E-state index in [0.29, 0.717) is 0 Å². The molecule has 2 rings (SSSR count). The van der Waals surface area contributed by atoms with Crippen molar-refractivity contribution in [2.24, 2.45) is 5.92 Å². The van der Waals surface area contributed by atoms with Crippen LogP contribution in [0.4, 0.5) is 5.69 Å². The Labute approximate surface area is 107 Å². The summed E-state index contributed by atoms with van der Waals surface area (Å²) >= 11 is 0. The van der Waals surface area contributed by atoms with Gasteiger partial charge in [-0.2, -0.15) is 5.26 Å². The number of nitrogens with one attached hydrogen (secondary N) is 2. The third kappa shape index (κ3) is 2.52. The molecule has 0 unspecified atom stereocenters. The maximum absolute atomic E-state index is 11.7. The Kier molecular flexibility index (Phi) is 3.35. The molecule has 0 radical (unpaired) electrons. The Morgan fingerprint density at radius 1 is 1.39 bits per heavy atom. The first-order valence-electron chi connectivity index (χ1n) is 6.06. The number of anilines is 1. The van der Waals surface area contributed by atoms with E-state index in [-0.39, 0.29) is 11.8 Å². The van der Waals surface area contributed by atoms with Crippen LogP contribution in [0.5, 0.6) is 0 Å². The number of nitriles is 1. The van der Waals surface area contributed by atoms with E-state index in [2.05, 4.69) is 16.7 Å². The van der Waals surface area contributed by atoms with Crippen molar-refractivity contribution in [1.82, 2.24) is 5.32 Å². The second-order valence-electron chi connectivity index (χ2n) is 5.16. The molecular formula is C14H17N3O. The molecule has 1 fully saturated rings. The van der Waals surface area contributed by atoms with Crippen LogP contribution < -0.4 is 10.6 Å². The fraction of sp³-hybridized carbons (Fsp3) is 0.429. The summed E-state index contributed by atoms with van der Waals surface area (Å²) in [4.78, 5) is 11.7. The lowest BCUT2D eigenvalue weighted by atomic mass is 9.86. The quantitative estimate of drug-likeness (QED) is 0.848. The molecule has 0 aliphatic carbocycles. The normalized spacial score (nSPS) is 15.6. The van der Waals surface area contributed by atoms with E-state index in [0.717, 1.165) is 24.3 Å². The number of hydrogen-bond acceptors (Lipinski definition) is 3. The molecule has 4 heteroatoms. The van der Waals surface area contributed by atoms with Gasteiger partial charge in [0, 0.05) is 18.8 Å². The summed E-state index contributed by atoms with van der Waals surface area (Å²) in [6.45, 7) is 5.26. The minimum atomic E-state index is -0.500. The molecular weight excluding hydrogens is 226 g/mol. The van der Waals surface area contributed by atoms with Crippen molar-refractivity contribution in [3.05, 3.63) is 29.8 Å². The van der Waals surface area contributed by atoms with Crippen molar-refractivity contribution in [3.63, 3.8) is 0 Å². The molecule has 94 valence electrons. The highest BCUT2D eigenvalue weighted by atomic mass is 16.2. The summed E-state index contributed by atoms with van der Waals surface area (Å²) in [5.74, 6) is 0.140. The summed E-state index contributed by atoms with van der Waals surface area (Å²) < 4.78 is 0. The number of carbonyl (C=O) groups is 1. The number of hydrogen-bond donors (Lipinski definition) is 2. The average molecular weight is 243 g/mol. The van der Waals surface area contributed by atoms with Crippen LogP contribution in [0.25, 0.3) is 0 Å². The fourth-order valence-corrected chi connectivity index (χ4v) is 1.75. The third-order valence-electron chi connectivity index (χ3n) is 3.31. The van der Waals surface area contributed by atoms with Gasteiger partial charge in [-0.05, 0) is 31.5 Å². The number of nitrogens with zero attached hydrogens (tertiary/aromatic N) is 1. The van der Waals surface area contributed by atoms with Crippen molar-refractivity contribution in [2.75, 3.05) is 18.4 Å². The number of carbonyl (C=O) groups excluding carboxylic acids is 1. The van der Waals surface area contributed by atoms with Gasteiger partial charge in [-0.1, -0.05) is 12.1 Å². The molecule has 1 aliphatic heterocycles. The van der Waals surface area contributed by atoms with E-state index in [9.17, 15) is 4.79 Å². The largest absolute Gasteiger partial charge is 0.326 e. The van der Waals surface area contributed by atoms with Gasteiger partial charge in [0.2, 0.25) is 5.91 Å². The highest BCUT2D eigenvalue weighted by Gasteiger charge is 2.25.